The summed E-state index contributed by atoms with van der Waals surface area (Å²) in [6.45, 7) is 2.19. The predicted octanol–water partition coefficient (Wildman–Crippen LogP) is 2.28. The van der Waals surface area contributed by atoms with Crippen LogP contribution in [0.1, 0.15) is 35.4 Å². The van der Waals surface area contributed by atoms with Crippen molar-refractivity contribution in [2.45, 2.75) is 25.8 Å². The number of rotatable bonds is 4. The molecular weight excluding hydrogens is 375 g/mol. The SMILES string of the molecule is COc1cnc(C(=O)N2CCC3(CC2)CC(=O)N(Cc2cccc(F)c2)C3)nc1. The lowest BCUT2D eigenvalue weighted by Crippen LogP contribution is -2.44. The van der Waals surface area contributed by atoms with Crippen molar-refractivity contribution in [3.63, 3.8) is 0 Å². The minimum absolute atomic E-state index is 0.0903. The first-order chi connectivity index (χ1) is 14.0. The summed E-state index contributed by atoms with van der Waals surface area (Å²) >= 11 is 0. The Hall–Kier alpha value is -3.03. The molecule has 3 heterocycles. The molecule has 2 saturated heterocycles. The van der Waals surface area contributed by atoms with Gasteiger partial charge in [0.15, 0.2) is 5.75 Å². The molecule has 1 aromatic heterocycles. The molecule has 2 aliphatic rings. The second-order valence-corrected chi connectivity index (χ2v) is 7.80. The molecule has 2 fully saturated rings. The zero-order chi connectivity index (χ0) is 20.4. The third kappa shape index (κ3) is 4.06. The lowest BCUT2D eigenvalue weighted by atomic mass is 9.77. The van der Waals surface area contributed by atoms with E-state index in [1.165, 1.54) is 31.6 Å². The maximum atomic E-state index is 13.4. The van der Waals surface area contributed by atoms with Crippen LogP contribution in [0.4, 0.5) is 4.39 Å². The number of likely N-dealkylation sites (tertiary alicyclic amines) is 2. The van der Waals surface area contributed by atoms with Crippen LogP contribution in [-0.2, 0) is 11.3 Å². The molecule has 0 radical (unpaired) electrons. The molecule has 2 aliphatic heterocycles. The van der Waals surface area contributed by atoms with E-state index in [1.807, 2.05) is 6.07 Å². The molecular formula is C21H23FN4O3. The standard InChI is InChI=1S/C21H23FN4O3/c1-29-17-11-23-19(24-12-17)20(28)25-7-5-21(6-8-25)10-18(27)26(14-21)13-15-3-2-4-16(22)9-15/h2-4,9,11-12H,5-8,10,13-14H2,1H3. The Bertz CT molecular complexity index is 910. The minimum Gasteiger partial charge on any atom is -0.494 e. The van der Waals surface area contributed by atoms with Crippen LogP contribution in [0, 0.1) is 11.2 Å². The van der Waals surface area contributed by atoms with Gasteiger partial charge in [-0.05, 0) is 30.5 Å². The van der Waals surface area contributed by atoms with E-state index in [0.717, 1.165) is 18.4 Å². The number of benzene rings is 1. The lowest BCUT2D eigenvalue weighted by molar-refractivity contribution is -0.128. The van der Waals surface area contributed by atoms with Crippen LogP contribution in [0.25, 0.3) is 0 Å². The van der Waals surface area contributed by atoms with E-state index in [4.69, 9.17) is 4.74 Å². The third-order valence-electron chi connectivity index (χ3n) is 5.83. The fourth-order valence-electron chi connectivity index (χ4n) is 4.17. The maximum absolute atomic E-state index is 13.4. The number of carbonyl (C=O) groups is 2. The van der Waals surface area contributed by atoms with E-state index in [-0.39, 0.29) is 28.9 Å². The molecule has 1 aromatic carbocycles. The van der Waals surface area contributed by atoms with Crippen molar-refractivity contribution in [3.05, 3.63) is 53.9 Å². The first-order valence-electron chi connectivity index (χ1n) is 9.66. The van der Waals surface area contributed by atoms with Crippen molar-refractivity contribution < 1.29 is 18.7 Å². The number of amides is 2. The van der Waals surface area contributed by atoms with E-state index in [0.29, 0.717) is 38.3 Å². The Morgan fingerprint density at radius 3 is 2.62 bits per heavy atom. The Balaban J connectivity index is 1.37. The molecule has 0 N–H and O–H groups in total. The fraction of sp³-hybridized carbons (Fsp3) is 0.429. The summed E-state index contributed by atoms with van der Waals surface area (Å²) in [7, 11) is 1.52. The van der Waals surface area contributed by atoms with E-state index >= 15 is 0 Å². The smallest absolute Gasteiger partial charge is 0.291 e. The van der Waals surface area contributed by atoms with Crippen LogP contribution >= 0.6 is 0 Å². The number of carbonyl (C=O) groups excluding carboxylic acids is 2. The number of halogens is 1. The summed E-state index contributed by atoms with van der Waals surface area (Å²) in [5, 5.41) is 0. The summed E-state index contributed by atoms with van der Waals surface area (Å²) in [6.07, 6.45) is 4.93. The molecule has 152 valence electrons. The molecule has 7 nitrogen and oxygen atoms in total. The van der Waals surface area contributed by atoms with Gasteiger partial charge in [0.1, 0.15) is 5.82 Å². The van der Waals surface area contributed by atoms with Crippen LogP contribution in [-0.4, -0.2) is 58.3 Å². The summed E-state index contributed by atoms with van der Waals surface area (Å²) in [4.78, 5) is 36.9. The van der Waals surface area contributed by atoms with Crippen molar-refractivity contribution >= 4 is 11.8 Å². The van der Waals surface area contributed by atoms with Gasteiger partial charge in [0.05, 0.1) is 19.5 Å². The van der Waals surface area contributed by atoms with Gasteiger partial charge in [0, 0.05) is 38.0 Å². The molecule has 8 heteroatoms. The van der Waals surface area contributed by atoms with Crippen molar-refractivity contribution in [1.82, 2.24) is 19.8 Å². The van der Waals surface area contributed by atoms with Gasteiger partial charge in [-0.15, -0.1) is 0 Å². The van der Waals surface area contributed by atoms with E-state index in [1.54, 1.807) is 15.9 Å². The van der Waals surface area contributed by atoms with Gasteiger partial charge in [-0.25, -0.2) is 14.4 Å². The van der Waals surface area contributed by atoms with Gasteiger partial charge in [0.2, 0.25) is 11.7 Å². The molecule has 2 aromatic rings. The molecule has 1 spiro atoms. The Labute approximate surface area is 168 Å². The lowest BCUT2D eigenvalue weighted by Gasteiger charge is -2.38. The molecule has 0 saturated carbocycles. The minimum atomic E-state index is -0.295. The van der Waals surface area contributed by atoms with Gasteiger partial charge in [0.25, 0.3) is 5.91 Å². The van der Waals surface area contributed by atoms with Gasteiger partial charge < -0.3 is 14.5 Å². The third-order valence-corrected chi connectivity index (χ3v) is 5.83. The van der Waals surface area contributed by atoms with E-state index in [2.05, 4.69) is 9.97 Å². The summed E-state index contributed by atoms with van der Waals surface area (Å²) < 4.78 is 18.4. The van der Waals surface area contributed by atoms with Crippen molar-refractivity contribution in [1.29, 1.82) is 0 Å². The summed E-state index contributed by atoms with van der Waals surface area (Å²) in [5.41, 5.74) is 0.668. The van der Waals surface area contributed by atoms with Crippen molar-refractivity contribution in [3.8, 4) is 5.75 Å². The van der Waals surface area contributed by atoms with Gasteiger partial charge >= 0.3 is 0 Å². The molecule has 2 amide bonds. The average Bonchev–Trinajstić information content (AvgIpc) is 3.02. The topological polar surface area (TPSA) is 75.6 Å². The molecule has 0 bridgehead atoms. The summed E-state index contributed by atoms with van der Waals surface area (Å²) in [6, 6.07) is 6.36. The van der Waals surface area contributed by atoms with Crippen LogP contribution in [0.15, 0.2) is 36.7 Å². The Morgan fingerprint density at radius 2 is 1.97 bits per heavy atom. The number of hydrogen-bond donors (Lipinski definition) is 0. The number of piperidine rings is 1. The predicted molar refractivity (Wildman–Crippen MR) is 103 cm³/mol. The molecule has 0 unspecified atom stereocenters. The normalized spacial score (nSPS) is 18.3. The van der Waals surface area contributed by atoms with E-state index < -0.39 is 0 Å². The van der Waals surface area contributed by atoms with Gasteiger partial charge in [-0.3, -0.25) is 9.59 Å². The highest BCUT2D eigenvalue weighted by molar-refractivity contribution is 5.90. The van der Waals surface area contributed by atoms with Crippen molar-refractivity contribution in [2.24, 2.45) is 5.41 Å². The second-order valence-electron chi connectivity index (χ2n) is 7.80. The number of methoxy groups -OCH3 is 1. The zero-order valence-electron chi connectivity index (χ0n) is 16.3. The molecule has 29 heavy (non-hydrogen) atoms. The zero-order valence-corrected chi connectivity index (χ0v) is 16.3. The number of hydrogen-bond acceptors (Lipinski definition) is 5. The van der Waals surface area contributed by atoms with Crippen LogP contribution < -0.4 is 4.74 Å². The van der Waals surface area contributed by atoms with Gasteiger partial charge in [-0.2, -0.15) is 0 Å². The molecule has 0 aliphatic carbocycles. The number of ether oxygens (including phenoxy) is 1. The summed E-state index contributed by atoms with van der Waals surface area (Å²) in [5.74, 6) is 0.242. The first-order valence-corrected chi connectivity index (χ1v) is 9.66. The van der Waals surface area contributed by atoms with E-state index in [9.17, 15) is 14.0 Å². The quantitative estimate of drug-likeness (QED) is 0.790. The average molecular weight is 398 g/mol. The Kier molecular flexibility index (Phi) is 5.17. The monoisotopic (exact) mass is 398 g/mol. The van der Waals surface area contributed by atoms with Crippen LogP contribution in [0.3, 0.4) is 0 Å². The van der Waals surface area contributed by atoms with Gasteiger partial charge in [-0.1, -0.05) is 12.1 Å². The molecule has 0 atom stereocenters. The maximum Gasteiger partial charge on any atom is 0.291 e. The highest BCUT2D eigenvalue weighted by Gasteiger charge is 2.45. The first kappa shape index (κ1) is 19.3. The largest absolute Gasteiger partial charge is 0.494 e. The Morgan fingerprint density at radius 1 is 1.24 bits per heavy atom. The second kappa shape index (κ2) is 7.77. The van der Waals surface area contributed by atoms with Crippen LogP contribution in [0.2, 0.25) is 0 Å². The highest BCUT2D eigenvalue weighted by atomic mass is 19.1. The number of nitrogens with zero attached hydrogens (tertiary/aromatic N) is 4. The van der Waals surface area contributed by atoms with Crippen LogP contribution in [0.5, 0.6) is 5.75 Å². The fourth-order valence-corrected chi connectivity index (χ4v) is 4.17. The molecule has 4 rings (SSSR count). The van der Waals surface area contributed by atoms with Crippen molar-refractivity contribution in [2.75, 3.05) is 26.7 Å². The number of aromatic nitrogens is 2. The highest BCUT2D eigenvalue weighted by Crippen LogP contribution is 2.41.